The number of hydrogen-bond donors (Lipinski definition) is 4. The van der Waals surface area contributed by atoms with Crippen LogP contribution in [0.15, 0.2) is 42.9 Å². The Morgan fingerprint density at radius 2 is 1.70 bits per heavy atom. The molecule has 0 radical (unpaired) electrons. The molecule has 0 atom stereocenters. The van der Waals surface area contributed by atoms with Crippen LogP contribution in [0.4, 0.5) is 5.95 Å². The maximum atomic E-state index is 10.7. The molecule has 4 N–H and O–H groups in total. The van der Waals surface area contributed by atoms with E-state index in [1.165, 1.54) is 0 Å². The van der Waals surface area contributed by atoms with Crippen LogP contribution in [0.5, 0.6) is 5.75 Å². The lowest BCUT2D eigenvalue weighted by atomic mass is 9.79. The first-order chi connectivity index (χ1) is 17.5. The van der Waals surface area contributed by atoms with E-state index in [1.807, 2.05) is 25.2 Å². The number of benzene rings is 1. The third-order valence-electron chi connectivity index (χ3n) is 6.48. The van der Waals surface area contributed by atoms with E-state index in [9.17, 15) is 5.11 Å². The summed E-state index contributed by atoms with van der Waals surface area (Å²) in [5, 5.41) is 37.9. The number of anilines is 1. The fourth-order valence-corrected chi connectivity index (χ4v) is 5.18. The minimum Gasteiger partial charge on any atom is -0.507 e. The van der Waals surface area contributed by atoms with E-state index < -0.39 is 0 Å². The minimum absolute atomic E-state index is 0.0270. The number of hydrogen-bond acceptors (Lipinski definition) is 9. The monoisotopic (exact) mass is 504 g/mol. The molecule has 0 spiro atoms. The number of fused-ring (bicyclic) bond motifs is 1. The highest BCUT2D eigenvalue weighted by Crippen LogP contribution is 2.34. The topological polar surface area (TPSA) is 153 Å². The zero-order valence-corrected chi connectivity index (χ0v) is 21.6. The third-order valence-corrected chi connectivity index (χ3v) is 6.48. The quantitative estimate of drug-likeness (QED) is 0.303. The predicted molar refractivity (Wildman–Crippen MR) is 141 cm³/mol. The van der Waals surface area contributed by atoms with Crippen molar-refractivity contribution in [1.29, 1.82) is 0 Å². The van der Waals surface area contributed by atoms with Crippen LogP contribution < -0.4 is 10.2 Å². The summed E-state index contributed by atoms with van der Waals surface area (Å²) in [4.78, 5) is 19.4. The molecule has 0 amide bonds. The molecule has 11 nitrogen and oxygen atoms in total. The normalized spacial score (nSPS) is 16.6. The summed E-state index contributed by atoms with van der Waals surface area (Å²) in [7, 11) is 2.02. The Morgan fingerprint density at radius 3 is 2.32 bits per heavy atom. The first kappa shape index (κ1) is 26.0. The Balaban J connectivity index is 0.00000102. The molecule has 3 aromatic heterocycles. The average molecular weight is 505 g/mol. The van der Waals surface area contributed by atoms with Gasteiger partial charge in [-0.3, -0.25) is 9.89 Å². The van der Waals surface area contributed by atoms with Crippen molar-refractivity contribution in [2.24, 2.45) is 0 Å². The molecule has 11 heteroatoms. The Kier molecular flexibility index (Phi) is 7.08. The molecule has 1 fully saturated rings. The van der Waals surface area contributed by atoms with Crippen LogP contribution in [-0.2, 0) is 4.79 Å². The number of aromatic amines is 1. The van der Waals surface area contributed by atoms with Gasteiger partial charge in [0.15, 0.2) is 5.65 Å². The number of pyridine rings is 1. The van der Waals surface area contributed by atoms with Gasteiger partial charge in [-0.25, -0.2) is 9.97 Å². The summed E-state index contributed by atoms with van der Waals surface area (Å²) in [6.45, 7) is 8.67. The van der Waals surface area contributed by atoms with E-state index in [4.69, 9.17) is 9.90 Å². The molecule has 4 aromatic rings. The van der Waals surface area contributed by atoms with Crippen LogP contribution >= 0.6 is 0 Å². The van der Waals surface area contributed by atoms with Crippen molar-refractivity contribution in [3.05, 3.63) is 42.9 Å². The van der Waals surface area contributed by atoms with E-state index in [-0.39, 0.29) is 23.3 Å². The highest BCUT2D eigenvalue weighted by atomic mass is 16.3. The SMILES string of the molecule is CN(c1ncc(-c2ccc(-c3cnc4[nH]ncc4c3)cc2O)nn1)C1CC(C)(C)NC(C)(C)C1.O=CO. The summed E-state index contributed by atoms with van der Waals surface area (Å²) in [6, 6.07) is 7.75. The Labute approximate surface area is 215 Å². The standard InChI is InChI=1S/C25H30N8O.CH2O2/c1-24(2)10-18(11-25(3,4)32-24)33(5)23-27-14-20(29-31-23)19-7-6-15(9-21(19)34)16-8-17-13-28-30-22(17)26-12-16;2-1-3/h6-9,12-14,18,32,34H,10-11H2,1-5H3,(H,26,28,30);1H,(H,2,3). The number of piperidine rings is 1. The molecule has 1 aliphatic rings. The maximum absolute atomic E-state index is 10.7. The molecule has 194 valence electrons. The number of nitrogens with one attached hydrogen (secondary N) is 2. The van der Waals surface area contributed by atoms with E-state index in [0.717, 1.165) is 35.0 Å². The summed E-state index contributed by atoms with van der Waals surface area (Å²) < 4.78 is 0. The van der Waals surface area contributed by atoms with Crippen molar-refractivity contribution in [3.63, 3.8) is 0 Å². The number of H-pyrrole nitrogens is 1. The van der Waals surface area contributed by atoms with Crippen LogP contribution in [0, 0.1) is 0 Å². The average Bonchev–Trinajstić information content (AvgIpc) is 3.30. The molecule has 0 saturated carbocycles. The third kappa shape index (κ3) is 5.83. The number of phenolic OH excluding ortho intramolecular Hbond substituents is 1. The van der Waals surface area contributed by atoms with Crippen LogP contribution in [0.3, 0.4) is 0 Å². The van der Waals surface area contributed by atoms with Crippen LogP contribution in [-0.4, -0.2) is 71.2 Å². The van der Waals surface area contributed by atoms with Gasteiger partial charge in [-0.1, -0.05) is 6.07 Å². The smallest absolute Gasteiger partial charge is 0.290 e. The molecule has 1 aliphatic heterocycles. The van der Waals surface area contributed by atoms with E-state index in [0.29, 0.717) is 23.2 Å². The molecular weight excluding hydrogens is 472 g/mol. The number of carbonyl (C=O) groups is 1. The van der Waals surface area contributed by atoms with Gasteiger partial charge in [0, 0.05) is 46.9 Å². The molecule has 5 rings (SSSR count). The fourth-order valence-electron chi connectivity index (χ4n) is 5.18. The lowest BCUT2D eigenvalue weighted by molar-refractivity contribution is -0.122. The van der Waals surface area contributed by atoms with Crippen LogP contribution in [0.1, 0.15) is 40.5 Å². The van der Waals surface area contributed by atoms with Gasteiger partial charge >= 0.3 is 0 Å². The molecule has 0 bridgehead atoms. The second-order valence-corrected chi connectivity index (χ2v) is 10.6. The van der Waals surface area contributed by atoms with Gasteiger partial charge in [-0.2, -0.15) is 5.10 Å². The van der Waals surface area contributed by atoms with Crippen molar-refractivity contribution in [2.75, 3.05) is 11.9 Å². The number of phenols is 1. The van der Waals surface area contributed by atoms with Gasteiger partial charge in [0.25, 0.3) is 6.47 Å². The largest absolute Gasteiger partial charge is 0.507 e. The predicted octanol–water partition coefficient (Wildman–Crippen LogP) is 3.63. The van der Waals surface area contributed by atoms with E-state index in [1.54, 1.807) is 24.7 Å². The van der Waals surface area contributed by atoms with Gasteiger partial charge in [0.2, 0.25) is 5.95 Å². The van der Waals surface area contributed by atoms with Crippen LogP contribution in [0.2, 0.25) is 0 Å². The van der Waals surface area contributed by atoms with Crippen molar-refractivity contribution < 1.29 is 15.0 Å². The van der Waals surface area contributed by atoms with E-state index >= 15 is 0 Å². The summed E-state index contributed by atoms with van der Waals surface area (Å²) in [5.41, 5.74) is 3.64. The van der Waals surface area contributed by atoms with Gasteiger partial charge in [-0.15, -0.1) is 10.2 Å². The zero-order valence-electron chi connectivity index (χ0n) is 21.6. The highest BCUT2D eigenvalue weighted by Gasteiger charge is 2.39. The number of nitrogens with zero attached hydrogens (tertiary/aromatic N) is 6. The van der Waals surface area contributed by atoms with Crippen molar-refractivity contribution in [3.8, 4) is 28.1 Å². The van der Waals surface area contributed by atoms with Gasteiger partial charge < -0.3 is 20.4 Å². The number of aromatic hydroxyl groups is 1. The molecule has 0 aliphatic carbocycles. The number of aromatic nitrogens is 6. The second-order valence-electron chi connectivity index (χ2n) is 10.6. The van der Waals surface area contributed by atoms with Gasteiger partial charge in [0.05, 0.1) is 12.4 Å². The molecule has 4 heterocycles. The summed E-state index contributed by atoms with van der Waals surface area (Å²) in [5.74, 6) is 0.696. The first-order valence-electron chi connectivity index (χ1n) is 11.9. The van der Waals surface area contributed by atoms with Gasteiger partial charge in [0.1, 0.15) is 11.4 Å². The Bertz CT molecular complexity index is 1370. The fraction of sp³-hybridized carbons (Fsp3) is 0.385. The van der Waals surface area contributed by atoms with Crippen molar-refractivity contribution in [2.45, 2.75) is 57.7 Å². The summed E-state index contributed by atoms with van der Waals surface area (Å²) in [6.07, 6.45) is 7.12. The van der Waals surface area contributed by atoms with Gasteiger partial charge in [-0.05, 0) is 64.3 Å². The number of carboxylic acid groups (broad SMARTS) is 1. The van der Waals surface area contributed by atoms with Crippen molar-refractivity contribution in [1.82, 2.24) is 35.7 Å². The molecule has 37 heavy (non-hydrogen) atoms. The highest BCUT2D eigenvalue weighted by molar-refractivity contribution is 5.81. The van der Waals surface area contributed by atoms with E-state index in [2.05, 4.69) is 68.3 Å². The Morgan fingerprint density at radius 1 is 1.00 bits per heavy atom. The maximum Gasteiger partial charge on any atom is 0.290 e. The lowest BCUT2D eigenvalue weighted by Crippen LogP contribution is -2.62. The lowest BCUT2D eigenvalue weighted by Gasteiger charge is -2.48. The second kappa shape index (κ2) is 10.1. The molecule has 1 saturated heterocycles. The first-order valence-corrected chi connectivity index (χ1v) is 11.9. The Hall–Kier alpha value is -4.12. The minimum atomic E-state index is -0.250. The van der Waals surface area contributed by atoms with Crippen molar-refractivity contribution >= 4 is 23.5 Å². The molecule has 0 unspecified atom stereocenters. The zero-order chi connectivity index (χ0) is 26.8. The summed E-state index contributed by atoms with van der Waals surface area (Å²) >= 11 is 0. The molecule has 1 aromatic carbocycles. The van der Waals surface area contributed by atoms with Crippen LogP contribution in [0.25, 0.3) is 33.4 Å². The number of rotatable bonds is 4. The molecular formula is C26H32N8O3.